The van der Waals surface area contributed by atoms with Crippen LogP contribution in [0.3, 0.4) is 0 Å². The van der Waals surface area contributed by atoms with Crippen LogP contribution >= 0.6 is 0 Å². The molecule has 2 aliphatic rings. The second-order valence-corrected chi connectivity index (χ2v) is 6.89. The van der Waals surface area contributed by atoms with E-state index in [1.807, 2.05) is 18.2 Å². The molecule has 0 radical (unpaired) electrons. The lowest BCUT2D eigenvalue weighted by molar-refractivity contribution is 0.257. The third kappa shape index (κ3) is 3.68. The highest BCUT2D eigenvalue weighted by molar-refractivity contribution is 5.38. The van der Waals surface area contributed by atoms with E-state index in [0.717, 1.165) is 50.1 Å². The molecule has 4 heteroatoms. The molecular weight excluding hydrogens is 286 g/mol. The van der Waals surface area contributed by atoms with Gasteiger partial charge in [-0.15, -0.1) is 0 Å². The minimum absolute atomic E-state index is 0.346. The van der Waals surface area contributed by atoms with Crippen LogP contribution in [0.25, 0.3) is 0 Å². The third-order valence-corrected chi connectivity index (χ3v) is 5.49. The first-order chi connectivity index (χ1) is 11.3. The van der Waals surface area contributed by atoms with Crippen LogP contribution in [0.1, 0.15) is 44.1 Å². The van der Waals surface area contributed by atoms with Crippen LogP contribution in [0.15, 0.2) is 24.3 Å². The van der Waals surface area contributed by atoms with Gasteiger partial charge in [0.05, 0.1) is 18.6 Å². The largest absolute Gasteiger partial charge is 0.497 e. The number of ether oxygens (including phenoxy) is 1. The molecule has 1 aromatic carbocycles. The predicted molar refractivity (Wildman–Crippen MR) is 91.6 cm³/mol. The zero-order valence-corrected chi connectivity index (χ0v) is 14.0. The van der Waals surface area contributed by atoms with Gasteiger partial charge in [0.2, 0.25) is 0 Å². The summed E-state index contributed by atoms with van der Waals surface area (Å²) in [6.07, 6.45) is 6.45. The first kappa shape index (κ1) is 16.3. The van der Waals surface area contributed by atoms with Crippen molar-refractivity contribution in [2.75, 3.05) is 20.2 Å². The quantitative estimate of drug-likeness (QED) is 0.897. The van der Waals surface area contributed by atoms with E-state index >= 15 is 0 Å². The number of rotatable bonds is 4. The van der Waals surface area contributed by atoms with Crippen molar-refractivity contribution in [1.82, 2.24) is 10.6 Å². The Morgan fingerprint density at radius 2 is 1.87 bits per heavy atom. The van der Waals surface area contributed by atoms with Crippen molar-refractivity contribution in [3.8, 4) is 11.8 Å². The highest BCUT2D eigenvalue weighted by atomic mass is 16.5. The van der Waals surface area contributed by atoms with Gasteiger partial charge in [0, 0.05) is 12.1 Å². The Balaban J connectivity index is 1.63. The molecule has 124 valence electrons. The minimum atomic E-state index is -0.346. The highest BCUT2D eigenvalue weighted by Crippen LogP contribution is 2.40. The third-order valence-electron chi connectivity index (χ3n) is 5.49. The average Bonchev–Trinajstić information content (AvgIpc) is 2.63. The lowest BCUT2D eigenvalue weighted by atomic mass is 9.69. The maximum atomic E-state index is 9.85. The summed E-state index contributed by atoms with van der Waals surface area (Å²) >= 11 is 0. The standard InChI is InChI=1S/C19H27N3O/c1-23-18-4-2-3-15(13-18)19(14-20)9-5-16(6-10-19)22-17-7-11-21-12-8-17/h2-4,13,16-17,21-22H,5-12H2,1H3/t16-,19-. The molecule has 0 unspecified atom stereocenters. The summed E-state index contributed by atoms with van der Waals surface area (Å²) in [5.74, 6) is 0.840. The number of hydrogen-bond donors (Lipinski definition) is 2. The Morgan fingerprint density at radius 1 is 1.17 bits per heavy atom. The molecule has 1 aliphatic heterocycles. The number of benzene rings is 1. The summed E-state index contributed by atoms with van der Waals surface area (Å²) < 4.78 is 5.33. The van der Waals surface area contributed by atoms with Crippen molar-refractivity contribution in [2.24, 2.45) is 0 Å². The summed E-state index contributed by atoms with van der Waals surface area (Å²) in [5.41, 5.74) is 0.764. The fourth-order valence-electron chi connectivity index (χ4n) is 3.98. The lowest BCUT2D eigenvalue weighted by Gasteiger charge is -2.38. The fraction of sp³-hybridized carbons (Fsp3) is 0.632. The molecule has 0 bridgehead atoms. The van der Waals surface area contributed by atoms with Gasteiger partial charge in [0.25, 0.3) is 0 Å². The molecule has 23 heavy (non-hydrogen) atoms. The number of nitriles is 1. The molecule has 1 saturated carbocycles. The second kappa shape index (κ2) is 7.33. The molecule has 0 atom stereocenters. The van der Waals surface area contributed by atoms with Crippen molar-refractivity contribution in [2.45, 2.75) is 56.0 Å². The van der Waals surface area contributed by atoms with Gasteiger partial charge in [-0.1, -0.05) is 12.1 Å². The second-order valence-electron chi connectivity index (χ2n) is 6.89. The van der Waals surface area contributed by atoms with E-state index in [1.54, 1.807) is 7.11 Å². The normalized spacial score (nSPS) is 29.0. The van der Waals surface area contributed by atoms with Crippen LogP contribution in [0.4, 0.5) is 0 Å². The number of piperidine rings is 1. The molecule has 1 aromatic rings. The topological polar surface area (TPSA) is 57.1 Å². The Hall–Kier alpha value is -1.57. The van der Waals surface area contributed by atoms with E-state index < -0.39 is 0 Å². The minimum Gasteiger partial charge on any atom is -0.497 e. The molecule has 2 N–H and O–H groups in total. The zero-order chi connectivity index (χ0) is 16.1. The first-order valence-corrected chi connectivity index (χ1v) is 8.78. The molecule has 0 aromatic heterocycles. The predicted octanol–water partition coefficient (Wildman–Crippen LogP) is 2.74. The summed E-state index contributed by atoms with van der Waals surface area (Å²) in [6, 6.07) is 11.9. The summed E-state index contributed by atoms with van der Waals surface area (Å²) in [5, 5.41) is 17.1. The van der Waals surface area contributed by atoms with Crippen molar-refractivity contribution in [3.05, 3.63) is 29.8 Å². The van der Waals surface area contributed by atoms with Crippen LogP contribution in [-0.4, -0.2) is 32.3 Å². The van der Waals surface area contributed by atoms with Gasteiger partial charge in [-0.2, -0.15) is 5.26 Å². The van der Waals surface area contributed by atoms with Crippen LogP contribution in [0.2, 0.25) is 0 Å². The maximum absolute atomic E-state index is 9.85. The Labute approximate surface area is 139 Å². The fourth-order valence-corrected chi connectivity index (χ4v) is 3.98. The number of nitrogens with zero attached hydrogens (tertiary/aromatic N) is 1. The summed E-state index contributed by atoms with van der Waals surface area (Å²) in [4.78, 5) is 0. The smallest absolute Gasteiger partial charge is 0.119 e. The van der Waals surface area contributed by atoms with E-state index in [1.165, 1.54) is 12.8 Å². The van der Waals surface area contributed by atoms with Gasteiger partial charge in [-0.3, -0.25) is 0 Å². The van der Waals surface area contributed by atoms with Crippen molar-refractivity contribution in [1.29, 1.82) is 5.26 Å². The van der Waals surface area contributed by atoms with Crippen LogP contribution < -0.4 is 15.4 Å². The molecule has 3 rings (SSSR count). The molecule has 1 heterocycles. The Bertz CT molecular complexity index is 552. The summed E-state index contributed by atoms with van der Waals surface area (Å²) in [7, 11) is 1.68. The lowest BCUT2D eigenvalue weighted by Crippen LogP contribution is -2.47. The van der Waals surface area contributed by atoms with Gasteiger partial charge < -0.3 is 15.4 Å². The van der Waals surface area contributed by atoms with Gasteiger partial charge in [-0.25, -0.2) is 0 Å². The molecule has 0 amide bonds. The van der Waals surface area contributed by atoms with E-state index in [9.17, 15) is 5.26 Å². The monoisotopic (exact) mass is 313 g/mol. The Kier molecular flexibility index (Phi) is 5.20. The van der Waals surface area contributed by atoms with E-state index in [-0.39, 0.29) is 5.41 Å². The Morgan fingerprint density at radius 3 is 2.52 bits per heavy atom. The van der Waals surface area contributed by atoms with Crippen LogP contribution in [0.5, 0.6) is 5.75 Å². The van der Waals surface area contributed by atoms with Gasteiger partial charge in [0.15, 0.2) is 0 Å². The SMILES string of the molecule is COc1cccc([C@]2(C#N)CC[C@@H](NC3CCNCC3)CC2)c1. The highest BCUT2D eigenvalue weighted by Gasteiger charge is 2.37. The molecule has 2 fully saturated rings. The summed E-state index contributed by atoms with van der Waals surface area (Å²) in [6.45, 7) is 2.24. The zero-order valence-electron chi connectivity index (χ0n) is 14.0. The van der Waals surface area contributed by atoms with E-state index in [2.05, 4.69) is 22.8 Å². The van der Waals surface area contributed by atoms with Gasteiger partial charge in [0.1, 0.15) is 5.75 Å². The molecule has 0 spiro atoms. The average molecular weight is 313 g/mol. The van der Waals surface area contributed by atoms with Crippen molar-refractivity contribution in [3.63, 3.8) is 0 Å². The van der Waals surface area contributed by atoms with Crippen LogP contribution in [0, 0.1) is 11.3 Å². The van der Waals surface area contributed by atoms with Crippen LogP contribution in [-0.2, 0) is 5.41 Å². The molecule has 1 saturated heterocycles. The first-order valence-electron chi connectivity index (χ1n) is 8.78. The number of hydrogen-bond acceptors (Lipinski definition) is 4. The van der Waals surface area contributed by atoms with Crippen molar-refractivity contribution < 1.29 is 4.74 Å². The molecule has 4 nitrogen and oxygen atoms in total. The number of nitrogens with one attached hydrogen (secondary N) is 2. The van der Waals surface area contributed by atoms with E-state index in [4.69, 9.17) is 4.74 Å². The molecule has 1 aliphatic carbocycles. The van der Waals surface area contributed by atoms with E-state index in [0.29, 0.717) is 12.1 Å². The molecular formula is C19H27N3O. The van der Waals surface area contributed by atoms with Gasteiger partial charge >= 0.3 is 0 Å². The number of methoxy groups -OCH3 is 1. The maximum Gasteiger partial charge on any atom is 0.119 e. The van der Waals surface area contributed by atoms with Crippen molar-refractivity contribution >= 4 is 0 Å². The van der Waals surface area contributed by atoms with Gasteiger partial charge in [-0.05, 0) is 69.3 Å².